The molecule has 0 aliphatic heterocycles. The fourth-order valence-corrected chi connectivity index (χ4v) is 1.35. The summed E-state index contributed by atoms with van der Waals surface area (Å²) in [4.78, 5) is 0. The van der Waals surface area contributed by atoms with Gasteiger partial charge < -0.3 is 5.11 Å². The Hall–Kier alpha value is -1.60. The molecule has 0 aliphatic rings. The maximum Gasteiger partial charge on any atom is 0.0682 e. The van der Waals surface area contributed by atoms with Crippen molar-refractivity contribution in [1.29, 1.82) is 0 Å². The van der Waals surface area contributed by atoms with E-state index >= 15 is 0 Å². The van der Waals surface area contributed by atoms with Gasteiger partial charge in [0.25, 0.3) is 0 Å². The van der Waals surface area contributed by atoms with Gasteiger partial charge in [-0.05, 0) is 28.8 Å². The number of rotatable bonds is 2. The van der Waals surface area contributed by atoms with Crippen molar-refractivity contribution < 1.29 is 5.11 Å². The zero-order valence-corrected chi connectivity index (χ0v) is 7.77. The molecule has 0 aliphatic carbocycles. The van der Waals surface area contributed by atoms with Crippen molar-refractivity contribution >= 4 is 0 Å². The van der Waals surface area contributed by atoms with E-state index in [0.29, 0.717) is 0 Å². The van der Waals surface area contributed by atoms with Crippen LogP contribution in [0.25, 0.3) is 11.1 Å². The zero-order valence-electron chi connectivity index (χ0n) is 7.77. The van der Waals surface area contributed by atoms with E-state index in [9.17, 15) is 0 Å². The van der Waals surface area contributed by atoms with Crippen LogP contribution in [-0.4, -0.2) is 5.11 Å². The molecule has 2 rings (SSSR count). The highest BCUT2D eigenvalue weighted by atomic mass is 16.3. The normalized spacial score (nSPS) is 10.1. The van der Waals surface area contributed by atoms with Gasteiger partial charge in [0.2, 0.25) is 0 Å². The lowest BCUT2D eigenvalue weighted by Gasteiger charge is -2.01. The van der Waals surface area contributed by atoms with E-state index in [-0.39, 0.29) is 6.61 Å². The molecule has 0 amide bonds. The lowest BCUT2D eigenvalue weighted by atomic mass is 10.0. The Morgan fingerprint density at radius 1 is 1.00 bits per heavy atom. The molecule has 0 spiro atoms. The maximum absolute atomic E-state index is 8.88. The Bertz CT molecular complexity index is 389. The molecule has 0 aromatic heterocycles. The Kier molecular flexibility index (Phi) is 2.61. The molecular formula is C13H11O. The minimum absolute atomic E-state index is 0.0750. The number of aliphatic hydroxyl groups is 1. The second kappa shape index (κ2) is 4.07. The SMILES string of the molecule is OCc1c[c]c(-c2ccccc2)cc1. The van der Waals surface area contributed by atoms with Crippen LogP contribution >= 0.6 is 0 Å². The average Bonchev–Trinajstić information content (AvgIpc) is 2.30. The van der Waals surface area contributed by atoms with Crippen molar-refractivity contribution in [2.45, 2.75) is 6.61 Å². The van der Waals surface area contributed by atoms with Crippen LogP contribution in [0.3, 0.4) is 0 Å². The quantitative estimate of drug-likeness (QED) is 0.758. The lowest BCUT2D eigenvalue weighted by molar-refractivity contribution is 0.282. The van der Waals surface area contributed by atoms with Gasteiger partial charge >= 0.3 is 0 Å². The van der Waals surface area contributed by atoms with Crippen molar-refractivity contribution in [1.82, 2.24) is 0 Å². The average molecular weight is 183 g/mol. The molecule has 14 heavy (non-hydrogen) atoms. The molecule has 0 bridgehead atoms. The van der Waals surface area contributed by atoms with Gasteiger partial charge in [0, 0.05) is 0 Å². The number of aliphatic hydroxyl groups excluding tert-OH is 1. The van der Waals surface area contributed by atoms with E-state index in [2.05, 4.69) is 6.07 Å². The zero-order chi connectivity index (χ0) is 9.80. The van der Waals surface area contributed by atoms with Crippen LogP contribution < -0.4 is 0 Å². The standard InChI is InChI=1S/C13H11O/c14-10-11-6-8-13(9-7-11)12-4-2-1-3-5-12/h1-8,14H,10H2. The predicted octanol–water partition coefficient (Wildman–Crippen LogP) is 2.65. The third-order valence-corrected chi connectivity index (χ3v) is 2.14. The van der Waals surface area contributed by atoms with Crippen molar-refractivity contribution in [2.24, 2.45) is 0 Å². The highest BCUT2D eigenvalue weighted by Gasteiger charge is 1.96. The second-order valence-electron chi connectivity index (χ2n) is 3.13. The Morgan fingerprint density at radius 3 is 2.36 bits per heavy atom. The molecule has 1 N–H and O–H groups in total. The third kappa shape index (κ3) is 1.83. The lowest BCUT2D eigenvalue weighted by Crippen LogP contribution is -1.83. The fraction of sp³-hybridized carbons (Fsp3) is 0.0769. The van der Waals surface area contributed by atoms with E-state index in [1.807, 2.05) is 48.5 Å². The molecule has 1 heteroatoms. The van der Waals surface area contributed by atoms with Gasteiger partial charge in [-0.1, -0.05) is 42.5 Å². The van der Waals surface area contributed by atoms with E-state index in [1.54, 1.807) is 0 Å². The van der Waals surface area contributed by atoms with Crippen LogP contribution in [0.5, 0.6) is 0 Å². The van der Waals surface area contributed by atoms with Crippen LogP contribution in [0.2, 0.25) is 0 Å². The molecular weight excluding hydrogens is 172 g/mol. The molecule has 0 fully saturated rings. The van der Waals surface area contributed by atoms with E-state index < -0.39 is 0 Å². The minimum atomic E-state index is 0.0750. The van der Waals surface area contributed by atoms with Crippen LogP contribution in [-0.2, 0) is 6.61 Å². The summed E-state index contributed by atoms with van der Waals surface area (Å²) in [6, 6.07) is 18.9. The molecule has 2 aromatic carbocycles. The van der Waals surface area contributed by atoms with Crippen LogP contribution in [0.15, 0.2) is 48.5 Å². The topological polar surface area (TPSA) is 20.2 Å². The van der Waals surface area contributed by atoms with Crippen molar-refractivity contribution in [3.63, 3.8) is 0 Å². The Morgan fingerprint density at radius 2 is 1.79 bits per heavy atom. The largest absolute Gasteiger partial charge is 0.392 e. The summed E-state index contributed by atoms with van der Waals surface area (Å²) < 4.78 is 0. The molecule has 0 saturated heterocycles. The van der Waals surface area contributed by atoms with Gasteiger partial charge in [0.1, 0.15) is 0 Å². The first kappa shape index (κ1) is 8.97. The first-order chi connectivity index (χ1) is 6.90. The highest BCUT2D eigenvalue weighted by molar-refractivity contribution is 5.62. The van der Waals surface area contributed by atoms with Crippen molar-refractivity contribution in [2.75, 3.05) is 0 Å². The number of hydrogen-bond donors (Lipinski definition) is 1. The van der Waals surface area contributed by atoms with Gasteiger partial charge in [-0.15, -0.1) is 0 Å². The number of benzene rings is 2. The molecule has 69 valence electrons. The Labute approximate surface area is 83.6 Å². The smallest absolute Gasteiger partial charge is 0.0682 e. The summed E-state index contributed by atoms with van der Waals surface area (Å²) in [5.41, 5.74) is 3.10. The first-order valence-electron chi connectivity index (χ1n) is 4.57. The van der Waals surface area contributed by atoms with E-state index in [0.717, 1.165) is 16.7 Å². The monoisotopic (exact) mass is 183 g/mol. The summed E-state index contributed by atoms with van der Waals surface area (Å²) >= 11 is 0. The molecule has 2 aromatic rings. The third-order valence-electron chi connectivity index (χ3n) is 2.14. The highest BCUT2D eigenvalue weighted by Crippen LogP contribution is 2.18. The van der Waals surface area contributed by atoms with Crippen molar-refractivity contribution in [3.8, 4) is 11.1 Å². The first-order valence-corrected chi connectivity index (χ1v) is 4.57. The van der Waals surface area contributed by atoms with Crippen molar-refractivity contribution in [3.05, 3.63) is 60.2 Å². The van der Waals surface area contributed by atoms with E-state index in [1.165, 1.54) is 0 Å². The minimum Gasteiger partial charge on any atom is -0.392 e. The molecule has 1 radical (unpaired) electrons. The van der Waals surface area contributed by atoms with Crippen LogP contribution in [0.1, 0.15) is 5.56 Å². The van der Waals surface area contributed by atoms with Gasteiger partial charge in [-0.2, -0.15) is 0 Å². The molecule has 0 saturated carbocycles. The molecule has 0 unspecified atom stereocenters. The van der Waals surface area contributed by atoms with Gasteiger partial charge in [0.15, 0.2) is 0 Å². The van der Waals surface area contributed by atoms with Gasteiger partial charge in [0.05, 0.1) is 6.61 Å². The van der Waals surface area contributed by atoms with E-state index in [4.69, 9.17) is 5.11 Å². The maximum atomic E-state index is 8.88. The predicted molar refractivity (Wildman–Crippen MR) is 56.6 cm³/mol. The summed E-state index contributed by atoms with van der Waals surface area (Å²) in [5, 5.41) is 8.88. The second-order valence-corrected chi connectivity index (χ2v) is 3.13. The molecule has 0 atom stereocenters. The molecule has 0 heterocycles. The van der Waals surface area contributed by atoms with Gasteiger partial charge in [-0.25, -0.2) is 0 Å². The summed E-state index contributed by atoms with van der Waals surface area (Å²) in [6.45, 7) is 0.0750. The van der Waals surface area contributed by atoms with Crippen LogP contribution in [0.4, 0.5) is 0 Å². The fourth-order valence-electron chi connectivity index (χ4n) is 1.35. The Balaban J connectivity index is 2.34. The number of hydrogen-bond acceptors (Lipinski definition) is 1. The van der Waals surface area contributed by atoms with Crippen LogP contribution in [0, 0.1) is 6.07 Å². The van der Waals surface area contributed by atoms with Gasteiger partial charge in [-0.3, -0.25) is 0 Å². The summed E-state index contributed by atoms with van der Waals surface area (Å²) in [7, 11) is 0. The molecule has 1 nitrogen and oxygen atoms in total. The summed E-state index contributed by atoms with van der Waals surface area (Å²) in [6.07, 6.45) is 0. The summed E-state index contributed by atoms with van der Waals surface area (Å²) in [5.74, 6) is 0.